The Kier molecular flexibility index (Phi) is 4.09. The van der Waals surface area contributed by atoms with Gasteiger partial charge in [-0.25, -0.2) is 4.79 Å². The van der Waals surface area contributed by atoms with Crippen LogP contribution in [-0.2, 0) is 9.59 Å². The van der Waals surface area contributed by atoms with Gasteiger partial charge < -0.3 is 10.0 Å². The van der Waals surface area contributed by atoms with Crippen LogP contribution in [0.3, 0.4) is 0 Å². The lowest BCUT2D eigenvalue weighted by Crippen LogP contribution is -2.53. The monoisotopic (exact) mass is 330 g/mol. The summed E-state index contributed by atoms with van der Waals surface area (Å²) in [6.45, 7) is 1.84. The molecule has 0 saturated carbocycles. The van der Waals surface area contributed by atoms with Crippen LogP contribution in [0.4, 0.5) is 0 Å². The van der Waals surface area contributed by atoms with Crippen LogP contribution in [0.25, 0.3) is 0 Å². The number of benzene rings is 1. The van der Waals surface area contributed by atoms with Crippen LogP contribution < -0.4 is 0 Å². The molecule has 3 amide bonds. The lowest BCUT2D eigenvalue weighted by molar-refractivity contribution is -0.153. The third kappa shape index (κ3) is 2.66. The summed E-state index contributed by atoms with van der Waals surface area (Å²) in [6, 6.07) is 5.49. The van der Waals surface area contributed by atoms with E-state index in [2.05, 4.69) is 0 Å². The van der Waals surface area contributed by atoms with Crippen molar-refractivity contribution >= 4 is 23.7 Å². The largest absolute Gasteiger partial charge is 0.480 e. The Morgan fingerprint density at radius 2 is 1.75 bits per heavy atom. The number of carboxylic acid groups (broad SMARTS) is 1. The van der Waals surface area contributed by atoms with Gasteiger partial charge in [0.1, 0.15) is 12.6 Å². The van der Waals surface area contributed by atoms with Gasteiger partial charge in [-0.15, -0.1) is 0 Å². The van der Waals surface area contributed by atoms with Gasteiger partial charge in [0, 0.05) is 6.54 Å². The van der Waals surface area contributed by atoms with Crippen molar-refractivity contribution in [2.75, 3.05) is 13.1 Å². The van der Waals surface area contributed by atoms with E-state index in [1.54, 1.807) is 24.3 Å². The maximum absolute atomic E-state index is 12.5. The second kappa shape index (κ2) is 6.07. The molecular formula is C17H18N2O5. The third-order valence-electron chi connectivity index (χ3n) is 4.64. The molecule has 126 valence electrons. The van der Waals surface area contributed by atoms with Crippen LogP contribution >= 0.6 is 0 Å². The van der Waals surface area contributed by atoms with Gasteiger partial charge in [-0.2, -0.15) is 0 Å². The molecule has 1 fully saturated rings. The highest BCUT2D eigenvalue weighted by Crippen LogP contribution is 2.25. The van der Waals surface area contributed by atoms with E-state index in [9.17, 15) is 24.3 Å². The molecule has 0 radical (unpaired) electrons. The lowest BCUT2D eigenvalue weighted by Gasteiger charge is -2.36. The zero-order chi connectivity index (χ0) is 17.4. The molecule has 0 aliphatic carbocycles. The number of fused-ring (bicyclic) bond motifs is 1. The number of carbonyl (C=O) groups excluding carboxylic acids is 3. The van der Waals surface area contributed by atoms with E-state index in [1.807, 2.05) is 6.92 Å². The van der Waals surface area contributed by atoms with Crippen molar-refractivity contribution in [3.63, 3.8) is 0 Å². The van der Waals surface area contributed by atoms with E-state index < -0.39 is 36.3 Å². The van der Waals surface area contributed by atoms with Crippen LogP contribution in [0.2, 0.25) is 0 Å². The Labute approximate surface area is 138 Å². The average Bonchev–Trinajstić information content (AvgIpc) is 2.80. The van der Waals surface area contributed by atoms with Crippen molar-refractivity contribution in [3.8, 4) is 0 Å². The Morgan fingerprint density at radius 1 is 1.17 bits per heavy atom. The minimum Gasteiger partial charge on any atom is -0.480 e. The number of piperidine rings is 1. The lowest BCUT2D eigenvalue weighted by atomic mass is 9.92. The maximum Gasteiger partial charge on any atom is 0.326 e. The highest BCUT2D eigenvalue weighted by Gasteiger charge is 2.40. The number of hydrogen-bond acceptors (Lipinski definition) is 4. The first-order valence-electron chi connectivity index (χ1n) is 7.87. The smallest absolute Gasteiger partial charge is 0.326 e. The number of rotatable bonds is 3. The Hall–Kier alpha value is -2.70. The quantitative estimate of drug-likeness (QED) is 0.834. The molecular weight excluding hydrogens is 312 g/mol. The molecule has 2 aliphatic heterocycles. The first-order valence-corrected chi connectivity index (χ1v) is 7.87. The molecule has 1 saturated heterocycles. The molecule has 24 heavy (non-hydrogen) atoms. The van der Waals surface area contributed by atoms with Crippen LogP contribution in [0, 0.1) is 5.92 Å². The summed E-state index contributed by atoms with van der Waals surface area (Å²) in [5.74, 6) is -2.38. The summed E-state index contributed by atoms with van der Waals surface area (Å²) in [5, 5.41) is 9.34. The van der Waals surface area contributed by atoms with Crippen molar-refractivity contribution in [3.05, 3.63) is 35.4 Å². The van der Waals surface area contributed by atoms with Crippen LogP contribution in [0.1, 0.15) is 40.5 Å². The normalized spacial score (nSPS) is 23.4. The van der Waals surface area contributed by atoms with Crippen molar-refractivity contribution in [2.45, 2.75) is 25.8 Å². The zero-order valence-electron chi connectivity index (χ0n) is 13.3. The molecule has 2 aliphatic rings. The minimum absolute atomic E-state index is 0.217. The minimum atomic E-state index is -1.06. The van der Waals surface area contributed by atoms with Gasteiger partial charge in [-0.05, 0) is 30.9 Å². The second-order valence-corrected chi connectivity index (χ2v) is 6.31. The highest BCUT2D eigenvalue weighted by atomic mass is 16.4. The standard InChI is InChI=1S/C17H18N2O5/c1-10-6-7-18(13(8-10)17(23)24)14(20)9-19-15(21)11-4-2-3-5-12(11)16(19)22/h2-5,10,13H,6-9H2,1H3,(H,23,24). The summed E-state index contributed by atoms with van der Waals surface area (Å²) >= 11 is 0. The summed E-state index contributed by atoms with van der Waals surface area (Å²) in [5.41, 5.74) is 0.551. The van der Waals surface area contributed by atoms with E-state index >= 15 is 0 Å². The van der Waals surface area contributed by atoms with Gasteiger partial charge in [-0.3, -0.25) is 19.3 Å². The number of likely N-dealkylation sites (tertiary alicyclic amines) is 1. The second-order valence-electron chi connectivity index (χ2n) is 6.31. The molecule has 0 bridgehead atoms. The number of carboxylic acids is 1. The van der Waals surface area contributed by atoms with E-state index in [4.69, 9.17) is 0 Å². The molecule has 3 rings (SSSR count). The number of nitrogens with zero attached hydrogens (tertiary/aromatic N) is 2. The van der Waals surface area contributed by atoms with E-state index in [1.165, 1.54) is 4.90 Å². The number of carbonyl (C=O) groups is 4. The molecule has 2 unspecified atom stereocenters. The van der Waals surface area contributed by atoms with E-state index in [-0.39, 0.29) is 17.0 Å². The van der Waals surface area contributed by atoms with Crippen molar-refractivity contribution in [1.29, 1.82) is 0 Å². The molecule has 7 nitrogen and oxygen atoms in total. The van der Waals surface area contributed by atoms with Crippen molar-refractivity contribution in [1.82, 2.24) is 9.80 Å². The fourth-order valence-corrected chi connectivity index (χ4v) is 3.28. The van der Waals surface area contributed by atoms with E-state index in [0.29, 0.717) is 19.4 Å². The predicted molar refractivity (Wildman–Crippen MR) is 83.3 cm³/mol. The van der Waals surface area contributed by atoms with Gasteiger partial charge in [0.2, 0.25) is 5.91 Å². The molecule has 1 N–H and O–H groups in total. The van der Waals surface area contributed by atoms with Crippen LogP contribution in [-0.4, -0.2) is 57.7 Å². The number of imide groups is 1. The topological polar surface area (TPSA) is 95.0 Å². The predicted octanol–water partition coefficient (Wildman–Crippen LogP) is 0.994. The number of amides is 3. The molecule has 2 atom stereocenters. The zero-order valence-corrected chi connectivity index (χ0v) is 13.3. The van der Waals surface area contributed by atoms with Crippen molar-refractivity contribution in [2.24, 2.45) is 5.92 Å². The van der Waals surface area contributed by atoms with Crippen LogP contribution in [0.5, 0.6) is 0 Å². The average molecular weight is 330 g/mol. The van der Waals surface area contributed by atoms with Crippen molar-refractivity contribution < 1.29 is 24.3 Å². The fourth-order valence-electron chi connectivity index (χ4n) is 3.28. The Bertz CT molecular complexity index is 694. The number of hydrogen-bond donors (Lipinski definition) is 1. The van der Waals surface area contributed by atoms with Crippen LogP contribution in [0.15, 0.2) is 24.3 Å². The number of aliphatic carboxylic acids is 1. The summed E-state index contributed by atoms with van der Waals surface area (Å²) in [7, 11) is 0. The molecule has 0 spiro atoms. The molecule has 2 heterocycles. The summed E-state index contributed by atoms with van der Waals surface area (Å²) in [6.07, 6.45) is 1.08. The summed E-state index contributed by atoms with van der Waals surface area (Å²) in [4.78, 5) is 50.7. The summed E-state index contributed by atoms with van der Waals surface area (Å²) < 4.78 is 0. The van der Waals surface area contributed by atoms with Gasteiger partial charge in [-0.1, -0.05) is 19.1 Å². The first-order chi connectivity index (χ1) is 11.4. The van der Waals surface area contributed by atoms with E-state index in [0.717, 1.165) is 4.90 Å². The van der Waals surface area contributed by atoms with Gasteiger partial charge >= 0.3 is 5.97 Å². The molecule has 1 aromatic rings. The van der Waals surface area contributed by atoms with Gasteiger partial charge in [0.15, 0.2) is 0 Å². The Morgan fingerprint density at radius 3 is 2.29 bits per heavy atom. The molecule has 7 heteroatoms. The third-order valence-corrected chi connectivity index (χ3v) is 4.64. The molecule has 1 aromatic carbocycles. The highest BCUT2D eigenvalue weighted by molar-refractivity contribution is 6.22. The Balaban J connectivity index is 1.77. The first kappa shape index (κ1) is 16.2. The fraction of sp³-hybridized carbons (Fsp3) is 0.412. The molecule has 0 aromatic heterocycles. The van der Waals surface area contributed by atoms with Gasteiger partial charge in [0.25, 0.3) is 11.8 Å². The van der Waals surface area contributed by atoms with Gasteiger partial charge in [0.05, 0.1) is 11.1 Å². The maximum atomic E-state index is 12.5. The SMILES string of the molecule is CC1CCN(C(=O)CN2C(=O)c3ccccc3C2=O)C(C(=O)O)C1.